The predicted octanol–water partition coefficient (Wildman–Crippen LogP) is 4.07. The number of aromatic nitrogens is 1. The molecule has 0 radical (unpaired) electrons. The largest absolute Gasteiger partial charge is 0.474 e. The lowest BCUT2D eigenvalue weighted by atomic mass is 9.75. The standard InChI is InChI=1S/C16H24ClNO2/c1-10(2)12-5-4-11(3)8-15(12)20-16-7-6-13(17)14(9-19)18-16/h6-7,10-12,15,19H,4-5,8-9H2,1-3H3. The molecule has 0 spiro atoms. The second-order valence-corrected chi connectivity index (χ2v) is 6.63. The summed E-state index contributed by atoms with van der Waals surface area (Å²) in [5, 5.41) is 9.71. The van der Waals surface area contributed by atoms with Crippen molar-refractivity contribution in [3.05, 3.63) is 22.8 Å². The van der Waals surface area contributed by atoms with Crippen LogP contribution in [0, 0.1) is 17.8 Å². The number of halogens is 1. The quantitative estimate of drug-likeness (QED) is 0.911. The highest BCUT2D eigenvalue weighted by atomic mass is 35.5. The highest BCUT2D eigenvalue weighted by molar-refractivity contribution is 6.31. The first kappa shape index (κ1) is 15.6. The van der Waals surface area contributed by atoms with Gasteiger partial charge in [-0.05, 0) is 36.7 Å². The summed E-state index contributed by atoms with van der Waals surface area (Å²) in [6.45, 7) is 6.63. The molecule has 20 heavy (non-hydrogen) atoms. The van der Waals surface area contributed by atoms with Gasteiger partial charge in [0.2, 0.25) is 5.88 Å². The van der Waals surface area contributed by atoms with Crippen molar-refractivity contribution >= 4 is 11.6 Å². The summed E-state index contributed by atoms with van der Waals surface area (Å²) >= 11 is 5.96. The lowest BCUT2D eigenvalue weighted by Gasteiger charge is -2.37. The van der Waals surface area contributed by atoms with Crippen molar-refractivity contribution in [1.29, 1.82) is 0 Å². The first-order valence-electron chi connectivity index (χ1n) is 7.44. The summed E-state index contributed by atoms with van der Waals surface area (Å²) < 4.78 is 6.12. The van der Waals surface area contributed by atoms with E-state index in [0.717, 1.165) is 6.42 Å². The normalized spacial score (nSPS) is 26.8. The van der Waals surface area contributed by atoms with Crippen molar-refractivity contribution < 1.29 is 9.84 Å². The molecule has 1 heterocycles. The van der Waals surface area contributed by atoms with Crippen molar-refractivity contribution in [3.8, 4) is 5.88 Å². The second-order valence-electron chi connectivity index (χ2n) is 6.22. The highest BCUT2D eigenvalue weighted by Crippen LogP contribution is 2.35. The minimum Gasteiger partial charge on any atom is -0.474 e. The monoisotopic (exact) mass is 297 g/mol. The summed E-state index contributed by atoms with van der Waals surface area (Å²) in [6, 6.07) is 3.53. The number of hydrogen-bond donors (Lipinski definition) is 1. The fourth-order valence-corrected chi connectivity index (χ4v) is 3.21. The van der Waals surface area contributed by atoms with E-state index in [9.17, 15) is 5.11 Å². The molecule has 0 amide bonds. The smallest absolute Gasteiger partial charge is 0.213 e. The zero-order valence-electron chi connectivity index (χ0n) is 12.5. The average Bonchev–Trinajstić information content (AvgIpc) is 2.40. The summed E-state index contributed by atoms with van der Waals surface area (Å²) in [6.07, 6.45) is 3.77. The molecule has 112 valence electrons. The van der Waals surface area contributed by atoms with Crippen molar-refractivity contribution in [1.82, 2.24) is 4.98 Å². The van der Waals surface area contributed by atoms with E-state index in [1.165, 1.54) is 12.8 Å². The number of aliphatic hydroxyl groups is 1. The van der Waals surface area contributed by atoms with Gasteiger partial charge in [0.25, 0.3) is 0 Å². The second kappa shape index (κ2) is 6.77. The van der Waals surface area contributed by atoms with Crippen molar-refractivity contribution in [3.63, 3.8) is 0 Å². The molecule has 0 aromatic carbocycles. The van der Waals surface area contributed by atoms with Gasteiger partial charge < -0.3 is 9.84 Å². The minimum absolute atomic E-state index is 0.162. The lowest BCUT2D eigenvalue weighted by Crippen LogP contribution is -2.36. The van der Waals surface area contributed by atoms with Gasteiger partial charge in [0.15, 0.2) is 0 Å². The van der Waals surface area contributed by atoms with Crippen LogP contribution in [0.2, 0.25) is 5.02 Å². The molecule has 1 aromatic heterocycles. The minimum atomic E-state index is -0.162. The molecule has 1 fully saturated rings. The number of hydrogen-bond acceptors (Lipinski definition) is 3. The van der Waals surface area contributed by atoms with Crippen LogP contribution in [-0.4, -0.2) is 16.2 Å². The molecule has 3 unspecified atom stereocenters. The van der Waals surface area contributed by atoms with E-state index in [4.69, 9.17) is 16.3 Å². The van der Waals surface area contributed by atoms with Crippen LogP contribution < -0.4 is 4.74 Å². The third kappa shape index (κ3) is 3.64. The van der Waals surface area contributed by atoms with Gasteiger partial charge in [0.1, 0.15) is 6.10 Å². The maximum Gasteiger partial charge on any atom is 0.213 e. The van der Waals surface area contributed by atoms with Gasteiger partial charge in [-0.1, -0.05) is 38.8 Å². The maximum absolute atomic E-state index is 9.23. The number of aliphatic hydroxyl groups excluding tert-OH is 1. The van der Waals surface area contributed by atoms with Crippen molar-refractivity contribution in [2.45, 2.75) is 52.7 Å². The predicted molar refractivity (Wildman–Crippen MR) is 80.9 cm³/mol. The molecule has 4 heteroatoms. The van der Waals surface area contributed by atoms with Gasteiger partial charge in [0, 0.05) is 6.07 Å². The molecular formula is C16H24ClNO2. The Morgan fingerprint density at radius 3 is 2.80 bits per heavy atom. The molecular weight excluding hydrogens is 274 g/mol. The van der Waals surface area contributed by atoms with Gasteiger partial charge in [-0.2, -0.15) is 0 Å². The van der Waals surface area contributed by atoms with Crippen LogP contribution >= 0.6 is 11.6 Å². The van der Waals surface area contributed by atoms with E-state index in [-0.39, 0.29) is 12.7 Å². The van der Waals surface area contributed by atoms with E-state index in [1.54, 1.807) is 12.1 Å². The van der Waals surface area contributed by atoms with Crippen LogP contribution in [0.3, 0.4) is 0 Å². The van der Waals surface area contributed by atoms with E-state index < -0.39 is 0 Å². The summed E-state index contributed by atoms with van der Waals surface area (Å²) in [5.74, 6) is 2.45. The Balaban J connectivity index is 2.13. The van der Waals surface area contributed by atoms with Crippen LogP contribution in [0.1, 0.15) is 45.7 Å². The van der Waals surface area contributed by atoms with Crippen LogP contribution in [0.5, 0.6) is 5.88 Å². The molecule has 0 aliphatic heterocycles. The van der Waals surface area contributed by atoms with E-state index in [1.807, 2.05) is 0 Å². The Morgan fingerprint density at radius 1 is 1.40 bits per heavy atom. The Bertz CT molecular complexity index is 450. The summed E-state index contributed by atoms with van der Waals surface area (Å²) in [5.41, 5.74) is 0.481. The van der Waals surface area contributed by atoms with Crippen LogP contribution in [0.4, 0.5) is 0 Å². The molecule has 3 nitrogen and oxygen atoms in total. The van der Waals surface area contributed by atoms with Crippen LogP contribution in [-0.2, 0) is 6.61 Å². The number of nitrogens with zero attached hydrogens (tertiary/aromatic N) is 1. The Labute approximate surface area is 126 Å². The average molecular weight is 298 g/mol. The zero-order valence-corrected chi connectivity index (χ0v) is 13.2. The highest BCUT2D eigenvalue weighted by Gasteiger charge is 2.32. The molecule has 0 bridgehead atoms. The maximum atomic E-state index is 9.23. The van der Waals surface area contributed by atoms with Crippen LogP contribution in [0.25, 0.3) is 0 Å². The van der Waals surface area contributed by atoms with Gasteiger partial charge in [-0.25, -0.2) is 4.98 Å². The van der Waals surface area contributed by atoms with E-state index in [2.05, 4.69) is 25.8 Å². The molecule has 1 aliphatic rings. The van der Waals surface area contributed by atoms with Gasteiger partial charge in [-0.15, -0.1) is 0 Å². The Hall–Kier alpha value is -0.800. The molecule has 1 aliphatic carbocycles. The van der Waals surface area contributed by atoms with Gasteiger partial charge in [-0.3, -0.25) is 0 Å². The first-order valence-corrected chi connectivity index (χ1v) is 7.82. The summed E-state index contributed by atoms with van der Waals surface area (Å²) in [7, 11) is 0. The fourth-order valence-electron chi connectivity index (χ4n) is 3.05. The fraction of sp³-hybridized carbons (Fsp3) is 0.688. The first-order chi connectivity index (χ1) is 9.51. The zero-order chi connectivity index (χ0) is 14.7. The van der Waals surface area contributed by atoms with Gasteiger partial charge in [0.05, 0.1) is 17.3 Å². The lowest BCUT2D eigenvalue weighted by molar-refractivity contribution is 0.0423. The number of ether oxygens (including phenoxy) is 1. The van der Waals surface area contributed by atoms with Crippen LogP contribution in [0.15, 0.2) is 12.1 Å². The Morgan fingerprint density at radius 2 is 2.15 bits per heavy atom. The topological polar surface area (TPSA) is 42.4 Å². The SMILES string of the molecule is CC1CCC(C(C)C)C(Oc2ccc(Cl)c(CO)n2)C1. The third-order valence-electron chi connectivity index (χ3n) is 4.28. The molecule has 0 saturated heterocycles. The molecule has 1 N–H and O–H groups in total. The van der Waals surface area contributed by atoms with Gasteiger partial charge >= 0.3 is 0 Å². The molecule has 3 atom stereocenters. The van der Waals surface area contributed by atoms with Crippen molar-refractivity contribution in [2.24, 2.45) is 17.8 Å². The Kier molecular flexibility index (Phi) is 5.28. The number of pyridine rings is 1. The molecule has 1 saturated carbocycles. The summed E-state index contributed by atoms with van der Waals surface area (Å²) in [4.78, 5) is 4.30. The number of rotatable bonds is 4. The van der Waals surface area contributed by atoms with Crippen molar-refractivity contribution in [2.75, 3.05) is 0 Å². The van der Waals surface area contributed by atoms with E-state index >= 15 is 0 Å². The third-order valence-corrected chi connectivity index (χ3v) is 4.62. The molecule has 2 rings (SSSR count). The molecule has 1 aromatic rings. The van der Waals surface area contributed by atoms with E-state index in [0.29, 0.717) is 34.4 Å².